The van der Waals surface area contributed by atoms with Crippen LogP contribution in [0.2, 0.25) is 0 Å². The molecule has 0 atom stereocenters. The van der Waals surface area contributed by atoms with Gasteiger partial charge in [0, 0.05) is 19.2 Å². The highest BCUT2D eigenvalue weighted by molar-refractivity contribution is 7.17. The number of nitrogens with one attached hydrogen (secondary N) is 3. The van der Waals surface area contributed by atoms with E-state index in [-0.39, 0.29) is 11.8 Å². The zero-order valence-corrected chi connectivity index (χ0v) is 19.9. The zero-order valence-electron chi connectivity index (χ0n) is 19.1. The second kappa shape index (κ2) is 12.7. The second-order valence-corrected chi connectivity index (χ2v) is 8.60. The van der Waals surface area contributed by atoms with Crippen LogP contribution in [0.3, 0.4) is 0 Å². The van der Waals surface area contributed by atoms with E-state index in [9.17, 15) is 9.59 Å². The minimum Gasteiger partial charge on any atom is -0.351 e. The van der Waals surface area contributed by atoms with Crippen molar-refractivity contribution in [2.24, 2.45) is 0 Å². The first-order chi connectivity index (χ1) is 15.3. The van der Waals surface area contributed by atoms with E-state index in [4.69, 9.17) is 5.41 Å². The molecule has 170 valence electrons. The molecule has 2 aromatic rings. The lowest BCUT2D eigenvalue weighted by atomic mass is 10.1. The molecule has 0 radical (unpaired) electrons. The minimum absolute atomic E-state index is 0.101. The molecule has 32 heavy (non-hydrogen) atoms. The normalized spacial score (nSPS) is 11.1. The number of rotatable bonds is 11. The monoisotopic (exact) mass is 453 g/mol. The van der Waals surface area contributed by atoms with Crippen molar-refractivity contribution in [2.75, 3.05) is 6.54 Å². The highest BCUT2D eigenvalue weighted by Gasteiger charge is 2.16. The van der Waals surface area contributed by atoms with Crippen LogP contribution < -0.4 is 10.6 Å². The smallest absolute Gasteiger partial charge is 0.263 e. The van der Waals surface area contributed by atoms with Crippen LogP contribution in [0.25, 0.3) is 10.7 Å². The van der Waals surface area contributed by atoms with Crippen molar-refractivity contribution in [2.45, 2.75) is 53.4 Å². The summed E-state index contributed by atoms with van der Waals surface area (Å²) in [7, 11) is 0. The van der Waals surface area contributed by atoms with Crippen LogP contribution in [0.15, 0.2) is 47.8 Å². The Balaban J connectivity index is 1.70. The molecule has 0 aliphatic heterocycles. The molecule has 2 amide bonds. The van der Waals surface area contributed by atoms with Crippen LogP contribution in [-0.2, 0) is 4.79 Å². The standard InChI is InChI=1S/C24H31N5O2S/c1-5-19(18(25)15-16(2)3)29-21(30)12-7-6-9-14-27-23(31)22-17(4)28-24(32-22)20-11-8-10-13-26-20/h5,8,10-11,13,15,25H,6-7,9,12,14H2,1-4H3,(H,27,31)(H,29,30)/b19-5+,25-18?. The van der Waals surface area contributed by atoms with Gasteiger partial charge in [-0.15, -0.1) is 11.3 Å². The number of pyridine rings is 1. The Kier molecular flexibility index (Phi) is 9.94. The maximum atomic E-state index is 12.5. The van der Waals surface area contributed by atoms with Gasteiger partial charge in [-0.1, -0.05) is 24.1 Å². The number of amides is 2. The van der Waals surface area contributed by atoms with Gasteiger partial charge in [0.05, 0.1) is 22.8 Å². The molecule has 0 bridgehead atoms. The van der Waals surface area contributed by atoms with Crippen LogP contribution in [0, 0.1) is 12.3 Å². The van der Waals surface area contributed by atoms with E-state index >= 15 is 0 Å². The van der Waals surface area contributed by atoms with Crippen LogP contribution >= 0.6 is 11.3 Å². The Morgan fingerprint density at radius 2 is 1.97 bits per heavy atom. The molecule has 0 aliphatic carbocycles. The van der Waals surface area contributed by atoms with Gasteiger partial charge in [-0.2, -0.15) is 0 Å². The van der Waals surface area contributed by atoms with Crippen LogP contribution in [-0.4, -0.2) is 34.0 Å². The average molecular weight is 454 g/mol. The summed E-state index contributed by atoms with van der Waals surface area (Å²) in [5.74, 6) is -0.230. The van der Waals surface area contributed by atoms with Crippen LogP contribution in [0.1, 0.15) is 61.8 Å². The second-order valence-electron chi connectivity index (χ2n) is 7.60. The predicted molar refractivity (Wildman–Crippen MR) is 130 cm³/mol. The van der Waals surface area contributed by atoms with Crippen molar-refractivity contribution in [1.82, 2.24) is 20.6 Å². The Morgan fingerprint density at radius 3 is 2.62 bits per heavy atom. The summed E-state index contributed by atoms with van der Waals surface area (Å²) in [5, 5.41) is 14.5. The van der Waals surface area contributed by atoms with Gasteiger partial charge >= 0.3 is 0 Å². The van der Waals surface area contributed by atoms with E-state index in [1.165, 1.54) is 11.3 Å². The fraction of sp³-hybridized carbons (Fsp3) is 0.375. The molecule has 2 heterocycles. The van der Waals surface area contributed by atoms with E-state index in [2.05, 4.69) is 20.6 Å². The molecule has 0 fully saturated rings. The Bertz CT molecular complexity index is 1000. The summed E-state index contributed by atoms with van der Waals surface area (Å²) in [5.41, 5.74) is 3.28. The minimum atomic E-state index is -0.129. The topological polar surface area (TPSA) is 108 Å². The molecule has 0 aromatic carbocycles. The van der Waals surface area contributed by atoms with Crippen LogP contribution in [0.5, 0.6) is 0 Å². The van der Waals surface area contributed by atoms with Crippen molar-refractivity contribution >= 4 is 28.9 Å². The van der Waals surface area contributed by atoms with Crippen molar-refractivity contribution in [3.63, 3.8) is 0 Å². The number of thiazole rings is 1. The van der Waals surface area contributed by atoms with E-state index in [0.29, 0.717) is 34.9 Å². The van der Waals surface area contributed by atoms with Gasteiger partial charge in [0.1, 0.15) is 9.88 Å². The molecule has 0 spiro atoms. The predicted octanol–water partition coefficient (Wildman–Crippen LogP) is 4.81. The number of carbonyl (C=O) groups is 2. The number of carbonyl (C=O) groups excluding carboxylic acids is 2. The van der Waals surface area contributed by atoms with Gasteiger partial charge in [0.25, 0.3) is 5.91 Å². The number of hydrogen-bond donors (Lipinski definition) is 3. The van der Waals surface area contributed by atoms with Gasteiger partial charge in [0.15, 0.2) is 0 Å². The third kappa shape index (κ3) is 7.85. The molecule has 8 heteroatoms. The summed E-state index contributed by atoms with van der Waals surface area (Å²) in [4.78, 5) is 34.0. The number of nitrogens with zero attached hydrogens (tertiary/aromatic N) is 2. The van der Waals surface area contributed by atoms with E-state index in [1.807, 2.05) is 39.0 Å². The molecule has 0 saturated heterocycles. The lowest BCUT2D eigenvalue weighted by molar-refractivity contribution is -0.120. The van der Waals surface area contributed by atoms with Crippen molar-refractivity contribution < 1.29 is 9.59 Å². The molecule has 7 nitrogen and oxygen atoms in total. The Hall–Kier alpha value is -3.13. The largest absolute Gasteiger partial charge is 0.351 e. The quantitative estimate of drug-likeness (QED) is 0.335. The van der Waals surface area contributed by atoms with Gasteiger partial charge in [0.2, 0.25) is 5.91 Å². The molecule has 2 aromatic heterocycles. The summed E-state index contributed by atoms with van der Waals surface area (Å²) in [6.07, 6.45) is 7.88. The fourth-order valence-corrected chi connectivity index (χ4v) is 3.91. The third-order valence-electron chi connectivity index (χ3n) is 4.54. The maximum absolute atomic E-state index is 12.5. The number of unbranched alkanes of at least 4 members (excludes halogenated alkanes) is 2. The van der Waals surface area contributed by atoms with E-state index in [1.54, 1.807) is 25.3 Å². The Morgan fingerprint density at radius 1 is 1.19 bits per heavy atom. The molecule has 3 N–H and O–H groups in total. The molecule has 0 aliphatic rings. The first-order valence-electron chi connectivity index (χ1n) is 10.7. The lowest BCUT2D eigenvalue weighted by Crippen LogP contribution is -2.26. The number of hydrogen-bond acceptors (Lipinski definition) is 6. The van der Waals surface area contributed by atoms with E-state index < -0.39 is 0 Å². The van der Waals surface area contributed by atoms with Crippen LogP contribution in [0.4, 0.5) is 0 Å². The zero-order chi connectivity index (χ0) is 23.5. The summed E-state index contributed by atoms with van der Waals surface area (Å²) < 4.78 is 0. The summed E-state index contributed by atoms with van der Waals surface area (Å²) in [6.45, 7) is 8.00. The number of allylic oxidation sites excluding steroid dienone is 3. The lowest BCUT2D eigenvalue weighted by Gasteiger charge is -2.09. The van der Waals surface area contributed by atoms with Crippen molar-refractivity contribution in [3.8, 4) is 10.7 Å². The van der Waals surface area contributed by atoms with Gasteiger partial charge in [-0.05, 0) is 58.7 Å². The first kappa shape index (κ1) is 25.1. The molecular weight excluding hydrogens is 422 g/mol. The first-order valence-corrected chi connectivity index (χ1v) is 11.5. The van der Waals surface area contributed by atoms with Gasteiger partial charge < -0.3 is 10.6 Å². The van der Waals surface area contributed by atoms with Crippen molar-refractivity contribution in [1.29, 1.82) is 5.41 Å². The van der Waals surface area contributed by atoms with Crippen molar-refractivity contribution in [3.05, 3.63) is 58.4 Å². The molecule has 0 unspecified atom stereocenters. The fourth-order valence-electron chi connectivity index (χ4n) is 2.95. The van der Waals surface area contributed by atoms with E-state index in [0.717, 1.165) is 35.5 Å². The van der Waals surface area contributed by atoms with Gasteiger partial charge in [-0.3, -0.25) is 20.0 Å². The number of aryl methyl sites for hydroxylation is 1. The number of aromatic nitrogens is 2. The third-order valence-corrected chi connectivity index (χ3v) is 5.72. The van der Waals surface area contributed by atoms with Gasteiger partial charge in [-0.25, -0.2) is 4.98 Å². The molecule has 2 rings (SSSR count). The Labute approximate surface area is 193 Å². The highest BCUT2D eigenvalue weighted by Crippen LogP contribution is 2.26. The average Bonchev–Trinajstić information content (AvgIpc) is 3.16. The highest BCUT2D eigenvalue weighted by atomic mass is 32.1. The molecular formula is C24H31N5O2S. The maximum Gasteiger partial charge on any atom is 0.263 e. The summed E-state index contributed by atoms with van der Waals surface area (Å²) in [6, 6.07) is 5.61. The molecule has 0 saturated carbocycles. The SMILES string of the molecule is C/C=C(/NC(=O)CCCCCNC(=O)c1sc(-c2ccccn2)nc1C)C(=N)C=C(C)C. The summed E-state index contributed by atoms with van der Waals surface area (Å²) >= 11 is 1.34.